The van der Waals surface area contributed by atoms with Gasteiger partial charge in [-0.2, -0.15) is 0 Å². The summed E-state index contributed by atoms with van der Waals surface area (Å²) < 4.78 is 0. The monoisotopic (exact) mass is 282 g/mol. The third-order valence-electron chi connectivity index (χ3n) is 3.53. The molecule has 0 aromatic heterocycles. The normalized spacial score (nSPS) is 11.9. The van der Waals surface area contributed by atoms with E-state index in [-0.39, 0.29) is 11.8 Å². The summed E-state index contributed by atoms with van der Waals surface area (Å²) in [7, 11) is 0. The second kappa shape index (κ2) is 7.60. The number of anilines is 1. The minimum Gasteiger partial charge on any atom is -0.325 e. The molecule has 21 heavy (non-hydrogen) atoms. The Bertz CT molecular complexity index is 581. The smallest absolute Gasteiger partial charge is 0.231 e. The molecule has 0 spiro atoms. The van der Waals surface area contributed by atoms with Crippen molar-refractivity contribution in [2.45, 2.75) is 26.3 Å². The van der Waals surface area contributed by atoms with E-state index in [1.807, 2.05) is 61.5 Å². The highest BCUT2D eigenvalue weighted by atomic mass is 16.1. The summed E-state index contributed by atoms with van der Waals surface area (Å²) in [4.78, 5) is 12.4. The van der Waals surface area contributed by atoms with Crippen molar-refractivity contribution in [3.63, 3.8) is 0 Å². The number of hydrogen-bond donors (Lipinski definition) is 2. The average molecular weight is 282 g/mol. The molecule has 2 aromatic carbocycles. The maximum absolute atomic E-state index is 12.4. The summed E-state index contributed by atoms with van der Waals surface area (Å²) in [6.07, 6.45) is 0. The van der Waals surface area contributed by atoms with Crippen molar-refractivity contribution in [2.24, 2.45) is 0 Å². The van der Waals surface area contributed by atoms with Gasteiger partial charge in [-0.1, -0.05) is 55.5 Å². The Hall–Kier alpha value is -2.13. The van der Waals surface area contributed by atoms with Crippen molar-refractivity contribution < 1.29 is 4.79 Å². The van der Waals surface area contributed by atoms with Crippen LogP contribution in [0.1, 0.15) is 30.9 Å². The fourth-order valence-electron chi connectivity index (χ4n) is 2.19. The predicted octanol–water partition coefficient (Wildman–Crippen LogP) is 3.54. The van der Waals surface area contributed by atoms with Gasteiger partial charge in [0.15, 0.2) is 0 Å². The van der Waals surface area contributed by atoms with Gasteiger partial charge in [-0.15, -0.1) is 0 Å². The van der Waals surface area contributed by atoms with E-state index in [0.29, 0.717) is 0 Å². The molecular formula is C18H22N2O. The van der Waals surface area contributed by atoms with Crippen molar-refractivity contribution in [1.29, 1.82) is 0 Å². The number of para-hydroxylation sites is 1. The molecule has 2 rings (SSSR count). The molecule has 0 saturated carbocycles. The van der Waals surface area contributed by atoms with E-state index < -0.39 is 0 Å². The first-order valence-electron chi connectivity index (χ1n) is 7.36. The predicted molar refractivity (Wildman–Crippen MR) is 87.3 cm³/mol. The van der Waals surface area contributed by atoms with Crippen molar-refractivity contribution in [2.75, 3.05) is 11.9 Å². The van der Waals surface area contributed by atoms with Crippen LogP contribution in [0.25, 0.3) is 0 Å². The van der Waals surface area contributed by atoms with Gasteiger partial charge in [0.05, 0.1) is 5.92 Å². The van der Waals surface area contributed by atoms with Crippen LogP contribution in [-0.2, 0) is 11.3 Å². The van der Waals surface area contributed by atoms with Gasteiger partial charge >= 0.3 is 0 Å². The number of benzene rings is 2. The Balaban J connectivity index is 2.09. The van der Waals surface area contributed by atoms with Gasteiger partial charge in [0, 0.05) is 12.2 Å². The number of amides is 1. The van der Waals surface area contributed by atoms with E-state index >= 15 is 0 Å². The molecule has 0 heterocycles. The largest absolute Gasteiger partial charge is 0.325 e. The third-order valence-corrected chi connectivity index (χ3v) is 3.53. The highest BCUT2D eigenvalue weighted by Gasteiger charge is 2.15. The van der Waals surface area contributed by atoms with Crippen LogP contribution in [0, 0.1) is 0 Å². The number of carbonyl (C=O) groups is 1. The van der Waals surface area contributed by atoms with E-state index in [1.165, 1.54) is 0 Å². The van der Waals surface area contributed by atoms with Crippen LogP contribution in [0.3, 0.4) is 0 Å². The second-order valence-electron chi connectivity index (χ2n) is 5.06. The van der Waals surface area contributed by atoms with Gasteiger partial charge in [0.2, 0.25) is 5.91 Å². The summed E-state index contributed by atoms with van der Waals surface area (Å²) >= 11 is 0. The minimum absolute atomic E-state index is 0.0187. The summed E-state index contributed by atoms with van der Waals surface area (Å²) in [5.41, 5.74) is 3.01. The number of nitrogens with one attached hydrogen (secondary N) is 2. The molecular weight excluding hydrogens is 260 g/mol. The lowest BCUT2D eigenvalue weighted by atomic mass is 10.0. The van der Waals surface area contributed by atoms with E-state index in [4.69, 9.17) is 0 Å². The standard InChI is InChI=1S/C18H22N2O/c1-3-19-13-16-11-7-8-12-17(16)20-18(21)14(2)15-9-5-4-6-10-15/h4-12,14,19H,3,13H2,1-2H3,(H,20,21). The van der Waals surface area contributed by atoms with E-state index in [0.717, 1.165) is 29.9 Å². The van der Waals surface area contributed by atoms with Crippen molar-refractivity contribution in [3.05, 3.63) is 65.7 Å². The quantitative estimate of drug-likeness (QED) is 0.851. The zero-order valence-corrected chi connectivity index (χ0v) is 12.6. The fraction of sp³-hybridized carbons (Fsp3) is 0.278. The van der Waals surface area contributed by atoms with Crippen LogP contribution in [0.15, 0.2) is 54.6 Å². The van der Waals surface area contributed by atoms with Crippen LogP contribution < -0.4 is 10.6 Å². The van der Waals surface area contributed by atoms with Gasteiger partial charge in [-0.3, -0.25) is 4.79 Å². The first-order chi connectivity index (χ1) is 10.2. The second-order valence-corrected chi connectivity index (χ2v) is 5.06. The van der Waals surface area contributed by atoms with E-state index in [9.17, 15) is 4.79 Å². The van der Waals surface area contributed by atoms with Gasteiger partial charge in [0.25, 0.3) is 0 Å². The first-order valence-corrected chi connectivity index (χ1v) is 7.36. The molecule has 1 atom stereocenters. The van der Waals surface area contributed by atoms with Gasteiger partial charge < -0.3 is 10.6 Å². The van der Waals surface area contributed by atoms with Gasteiger partial charge in [0.1, 0.15) is 0 Å². The van der Waals surface area contributed by atoms with E-state index in [2.05, 4.69) is 17.6 Å². The lowest BCUT2D eigenvalue weighted by Gasteiger charge is -2.15. The Morgan fingerprint density at radius 1 is 1.05 bits per heavy atom. The summed E-state index contributed by atoms with van der Waals surface area (Å²) in [6.45, 7) is 5.66. The number of rotatable bonds is 6. The maximum atomic E-state index is 12.4. The van der Waals surface area contributed by atoms with Crippen molar-refractivity contribution in [3.8, 4) is 0 Å². The zero-order chi connectivity index (χ0) is 15.1. The SMILES string of the molecule is CCNCc1ccccc1NC(=O)C(C)c1ccccc1. The maximum Gasteiger partial charge on any atom is 0.231 e. The molecule has 3 nitrogen and oxygen atoms in total. The van der Waals surface area contributed by atoms with E-state index in [1.54, 1.807) is 0 Å². The minimum atomic E-state index is -0.168. The number of carbonyl (C=O) groups excluding carboxylic acids is 1. The lowest BCUT2D eigenvalue weighted by Crippen LogP contribution is -2.21. The molecule has 0 aliphatic heterocycles. The molecule has 0 fully saturated rings. The molecule has 110 valence electrons. The first kappa shape index (κ1) is 15.3. The molecule has 2 N–H and O–H groups in total. The lowest BCUT2D eigenvalue weighted by molar-refractivity contribution is -0.117. The number of hydrogen-bond acceptors (Lipinski definition) is 2. The molecule has 1 amide bonds. The van der Waals surface area contributed by atoms with Crippen LogP contribution in [0.2, 0.25) is 0 Å². The molecule has 0 aliphatic rings. The highest BCUT2D eigenvalue weighted by molar-refractivity contribution is 5.96. The summed E-state index contributed by atoms with van der Waals surface area (Å²) in [5, 5.41) is 6.33. The Kier molecular flexibility index (Phi) is 5.52. The zero-order valence-electron chi connectivity index (χ0n) is 12.6. The van der Waals surface area contributed by atoms with Crippen LogP contribution >= 0.6 is 0 Å². The molecule has 0 saturated heterocycles. The Morgan fingerprint density at radius 3 is 2.43 bits per heavy atom. The van der Waals surface area contributed by atoms with Crippen LogP contribution in [0.4, 0.5) is 5.69 Å². The average Bonchev–Trinajstić information content (AvgIpc) is 2.54. The molecule has 2 aromatic rings. The van der Waals surface area contributed by atoms with Gasteiger partial charge in [-0.25, -0.2) is 0 Å². The molecule has 1 unspecified atom stereocenters. The summed E-state index contributed by atoms with van der Waals surface area (Å²) in [6, 6.07) is 17.7. The molecule has 0 bridgehead atoms. The fourth-order valence-corrected chi connectivity index (χ4v) is 2.19. The van der Waals surface area contributed by atoms with Crippen molar-refractivity contribution in [1.82, 2.24) is 5.32 Å². The molecule has 0 radical (unpaired) electrons. The highest BCUT2D eigenvalue weighted by Crippen LogP contribution is 2.20. The van der Waals surface area contributed by atoms with Gasteiger partial charge in [-0.05, 0) is 30.7 Å². The molecule has 0 aliphatic carbocycles. The Morgan fingerprint density at radius 2 is 1.71 bits per heavy atom. The van der Waals surface area contributed by atoms with Crippen molar-refractivity contribution >= 4 is 11.6 Å². The topological polar surface area (TPSA) is 41.1 Å². The molecule has 3 heteroatoms. The Labute approximate surface area is 126 Å². The third kappa shape index (κ3) is 4.17. The van der Waals surface area contributed by atoms with Crippen LogP contribution in [-0.4, -0.2) is 12.5 Å². The van der Waals surface area contributed by atoms with Crippen LogP contribution in [0.5, 0.6) is 0 Å². The summed E-state index contributed by atoms with van der Waals surface area (Å²) in [5.74, 6) is -0.150.